The number of Topliss-reactive ketones (excluding diaryl/α,β-unsaturated/α-hetero) is 1. The standard InChI is InChI=1S/C21H31NO2/c1-4-16-12-17(5-2)14-18(13-16)6-11-21(24)22-20-9-7-19(8-10-20)15(3)23/h7-10,16-18H,4-6,11-14H2,1-3H3,(H,22,24)/t16-,17-/m1/s1. The predicted octanol–water partition coefficient (Wildman–Crippen LogP) is 5.46. The van der Waals surface area contributed by atoms with Gasteiger partial charge in [-0.05, 0) is 74.6 Å². The number of nitrogens with one attached hydrogen (secondary N) is 1. The third-order valence-electron chi connectivity index (χ3n) is 5.51. The van der Waals surface area contributed by atoms with E-state index in [1.54, 1.807) is 31.2 Å². The number of carbonyl (C=O) groups excluding carboxylic acids is 2. The lowest BCUT2D eigenvalue weighted by atomic mass is 9.72. The molecule has 1 saturated carbocycles. The molecule has 2 atom stereocenters. The predicted molar refractivity (Wildman–Crippen MR) is 99.2 cm³/mol. The van der Waals surface area contributed by atoms with E-state index < -0.39 is 0 Å². The zero-order valence-corrected chi connectivity index (χ0v) is 15.3. The number of hydrogen-bond acceptors (Lipinski definition) is 2. The van der Waals surface area contributed by atoms with E-state index in [1.807, 2.05) is 0 Å². The molecule has 0 saturated heterocycles. The number of anilines is 1. The van der Waals surface area contributed by atoms with E-state index >= 15 is 0 Å². The summed E-state index contributed by atoms with van der Waals surface area (Å²) >= 11 is 0. The van der Waals surface area contributed by atoms with Crippen molar-refractivity contribution in [1.29, 1.82) is 0 Å². The van der Waals surface area contributed by atoms with E-state index in [2.05, 4.69) is 19.2 Å². The molecular weight excluding hydrogens is 298 g/mol. The summed E-state index contributed by atoms with van der Waals surface area (Å²) in [5, 5.41) is 2.95. The number of rotatable bonds is 7. The minimum Gasteiger partial charge on any atom is -0.326 e. The van der Waals surface area contributed by atoms with Crippen LogP contribution >= 0.6 is 0 Å². The van der Waals surface area contributed by atoms with Crippen LogP contribution in [0.2, 0.25) is 0 Å². The highest BCUT2D eigenvalue weighted by atomic mass is 16.1. The summed E-state index contributed by atoms with van der Waals surface area (Å²) < 4.78 is 0. The molecule has 1 N–H and O–H groups in total. The van der Waals surface area contributed by atoms with Gasteiger partial charge in [-0.1, -0.05) is 26.7 Å². The van der Waals surface area contributed by atoms with Gasteiger partial charge < -0.3 is 5.32 Å². The molecule has 132 valence electrons. The Morgan fingerprint density at radius 3 is 2.00 bits per heavy atom. The van der Waals surface area contributed by atoms with Crippen LogP contribution in [-0.2, 0) is 4.79 Å². The van der Waals surface area contributed by atoms with Crippen molar-refractivity contribution in [3.63, 3.8) is 0 Å². The monoisotopic (exact) mass is 329 g/mol. The number of hydrogen-bond donors (Lipinski definition) is 1. The van der Waals surface area contributed by atoms with Gasteiger partial charge >= 0.3 is 0 Å². The Bertz CT molecular complexity index is 537. The first kappa shape index (κ1) is 18.7. The molecule has 1 aliphatic carbocycles. The first-order chi connectivity index (χ1) is 11.5. The van der Waals surface area contributed by atoms with Crippen LogP contribution in [-0.4, -0.2) is 11.7 Å². The van der Waals surface area contributed by atoms with Crippen molar-refractivity contribution in [3.8, 4) is 0 Å². The molecule has 1 aliphatic rings. The Morgan fingerprint density at radius 2 is 1.50 bits per heavy atom. The van der Waals surface area contributed by atoms with Crippen LogP contribution in [0.25, 0.3) is 0 Å². The Morgan fingerprint density at radius 1 is 0.958 bits per heavy atom. The maximum absolute atomic E-state index is 12.2. The van der Waals surface area contributed by atoms with Gasteiger partial charge in [0.05, 0.1) is 0 Å². The topological polar surface area (TPSA) is 46.2 Å². The van der Waals surface area contributed by atoms with E-state index in [9.17, 15) is 9.59 Å². The van der Waals surface area contributed by atoms with Gasteiger partial charge in [-0.3, -0.25) is 9.59 Å². The first-order valence-corrected chi connectivity index (χ1v) is 9.42. The molecule has 0 aromatic heterocycles. The zero-order valence-electron chi connectivity index (χ0n) is 15.3. The fourth-order valence-electron chi connectivity index (χ4n) is 3.95. The minimum atomic E-state index is 0.0427. The molecule has 24 heavy (non-hydrogen) atoms. The van der Waals surface area contributed by atoms with E-state index in [4.69, 9.17) is 0 Å². The molecular formula is C21H31NO2. The summed E-state index contributed by atoms with van der Waals surface area (Å²) in [5.74, 6) is 2.50. The number of ketones is 1. The third-order valence-corrected chi connectivity index (χ3v) is 5.51. The summed E-state index contributed by atoms with van der Waals surface area (Å²) in [6.45, 7) is 6.12. The Hall–Kier alpha value is -1.64. The van der Waals surface area contributed by atoms with Crippen LogP contribution in [0.3, 0.4) is 0 Å². The fraction of sp³-hybridized carbons (Fsp3) is 0.619. The van der Waals surface area contributed by atoms with Crippen LogP contribution < -0.4 is 5.32 Å². The molecule has 0 heterocycles. The molecule has 0 aliphatic heterocycles. The highest BCUT2D eigenvalue weighted by Gasteiger charge is 2.27. The largest absolute Gasteiger partial charge is 0.326 e. The summed E-state index contributed by atoms with van der Waals surface area (Å²) in [6, 6.07) is 7.12. The first-order valence-electron chi connectivity index (χ1n) is 9.42. The molecule has 0 spiro atoms. The summed E-state index contributed by atoms with van der Waals surface area (Å²) in [5.41, 5.74) is 1.44. The van der Waals surface area contributed by atoms with Gasteiger partial charge in [-0.15, -0.1) is 0 Å². The third kappa shape index (κ3) is 5.47. The van der Waals surface area contributed by atoms with E-state index in [0.717, 1.165) is 23.9 Å². The average Bonchev–Trinajstić information content (AvgIpc) is 2.60. The van der Waals surface area contributed by atoms with Gasteiger partial charge in [-0.25, -0.2) is 0 Å². The Balaban J connectivity index is 1.80. The van der Waals surface area contributed by atoms with E-state index in [1.165, 1.54) is 32.1 Å². The minimum absolute atomic E-state index is 0.0427. The lowest BCUT2D eigenvalue weighted by molar-refractivity contribution is -0.116. The highest BCUT2D eigenvalue weighted by Crippen LogP contribution is 2.38. The fourth-order valence-corrected chi connectivity index (χ4v) is 3.95. The second-order valence-corrected chi connectivity index (χ2v) is 7.34. The zero-order chi connectivity index (χ0) is 17.5. The molecule has 2 rings (SSSR count). The molecule has 1 fully saturated rings. The van der Waals surface area contributed by atoms with E-state index in [0.29, 0.717) is 17.9 Å². The number of benzene rings is 1. The lowest BCUT2D eigenvalue weighted by Gasteiger charge is -2.34. The van der Waals surface area contributed by atoms with Crippen molar-refractivity contribution >= 4 is 17.4 Å². The summed E-state index contributed by atoms with van der Waals surface area (Å²) in [6.07, 6.45) is 8.05. The molecule has 3 heteroatoms. The molecule has 3 nitrogen and oxygen atoms in total. The van der Waals surface area contributed by atoms with Gasteiger partial charge in [0.25, 0.3) is 0 Å². The second-order valence-electron chi connectivity index (χ2n) is 7.34. The van der Waals surface area contributed by atoms with Gasteiger partial charge in [0.1, 0.15) is 0 Å². The van der Waals surface area contributed by atoms with Crippen molar-refractivity contribution in [2.75, 3.05) is 5.32 Å². The molecule has 0 radical (unpaired) electrons. The van der Waals surface area contributed by atoms with Crippen molar-refractivity contribution in [1.82, 2.24) is 0 Å². The SMILES string of the molecule is CC[C@H]1CC(CCC(=O)Nc2ccc(C(C)=O)cc2)C[C@H](CC)C1. The van der Waals surface area contributed by atoms with Crippen LogP contribution in [0.15, 0.2) is 24.3 Å². The van der Waals surface area contributed by atoms with Gasteiger partial charge in [0.15, 0.2) is 5.78 Å². The average molecular weight is 329 g/mol. The molecule has 0 bridgehead atoms. The van der Waals surface area contributed by atoms with Crippen LogP contribution in [0.1, 0.15) is 76.1 Å². The van der Waals surface area contributed by atoms with Gasteiger partial charge in [0, 0.05) is 17.7 Å². The second kappa shape index (κ2) is 9.00. The number of carbonyl (C=O) groups is 2. The Kier molecular flexibility index (Phi) is 7.01. The van der Waals surface area contributed by atoms with Crippen molar-refractivity contribution < 1.29 is 9.59 Å². The molecule has 1 aromatic carbocycles. The maximum Gasteiger partial charge on any atom is 0.224 e. The van der Waals surface area contributed by atoms with Crippen LogP contribution in [0, 0.1) is 17.8 Å². The highest BCUT2D eigenvalue weighted by molar-refractivity contribution is 5.95. The van der Waals surface area contributed by atoms with Crippen LogP contribution in [0.5, 0.6) is 0 Å². The van der Waals surface area contributed by atoms with Crippen LogP contribution in [0.4, 0.5) is 5.69 Å². The summed E-state index contributed by atoms with van der Waals surface area (Å²) in [4.78, 5) is 23.5. The number of amides is 1. The van der Waals surface area contributed by atoms with Crippen molar-refractivity contribution in [3.05, 3.63) is 29.8 Å². The molecule has 1 aromatic rings. The smallest absolute Gasteiger partial charge is 0.224 e. The van der Waals surface area contributed by atoms with Gasteiger partial charge in [0.2, 0.25) is 5.91 Å². The van der Waals surface area contributed by atoms with Crippen molar-refractivity contribution in [2.45, 2.75) is 65.7 Å². The normalized spacial score (nSPS) is 23.7. The van der Waals surface area contributed by atoms with Crippen molar-refractivity contribution in [2.24, 2.45) is 17.8 Å². The quantitative estimate of drug-likeness (QED) is 0.675. The van der Waals surface area contributed by atoms with E-state index in [-0.39, 0.29) is 11.7 Å². The van der Waals surface area contributed by atoms with Gasteiger partial charge in [-0.2, -0.15) is 0 Å². The molecule has 0 unspecified atom stereocenters. The maximum atomic E-state index is 12.2. The lowest BCUT2D eigenvalue weighted by Crippen LogP contribution is -2.23. The summed E-state index contributed by atoms with van der Waals surface area (Å²) in [7, 11) is 0. The Labute approximate surface area is 146 Å². The molecule has 1 amide bonds.